The number of nitrogens with zero attached hydrogens (tertiary/aromatic N) is 2. The molecule has 1 aliphatic heterocycles. The van der Waals surface area contributed by atoms with Crippen LogP contribution in [0.1, 0.15) is 35.7 Å². The quantitative estimate of drug-likeness (QED) is 0.583. The number of benzene rings is 2. The monoisotopic (exact) mass is 383 g/mol. The summed E-state index contributed by atoms with van der Waals surface area (Å²) in [6, 6.07) is 10.5. The number of anilines is 1. The van der Waals surface area contributed by atoms with Gasteiger partial charge in [0.25, 0.3) is 11.6 Å². The molecule has 2 aliphatic rings. The van der Waals surface area contributed by atoms with Crippen molar-refractivity contribution in [1.82, 2.24) is 5.32 Å². The maximum atomic E-state index is 12.2. The minimum absolute atomic E-state index is 0.0777. The van der Waals surface area contributed by atoms with E-state index >= 15 is 0 Å². The van der Waals surface area contributed by atoms with E-state index in [0.717, 1.165) is 18.4 Å². The summed E-state index contributed by atoms with van der Waals surface area (Å²) in [5.74, 6) is 1.11. The summed E-state index contributed by atoms with van der Waals surface area (Å²) in [4.78, 5) is 25.4. The van der Waals surface area contributed by atoms with Crippen molar-refractivity contribution in [3.63, 3.8) is 0 Å². The number of nitro benzene ring substituents is 1. The summed E-state index contributed by atoms with van der Waals surface area (Å²) in [5, 5.41) is 14.5. The fourth-order valence-electron chi connectivity index (χ4n) is 3.20. The lowest BCUT2D eigenvalue weighted by atomic mass is 10.1. The molecule has 28 heavy (non-hydrogen) atoms. The number of nitro groups is 1. The Labute approximate surface area is 162 Å². The van der Waals surface area contributed by atoms with E-state index in [4.69, 9.17) is 9.47 Å². The van der Waals surface area contributed by atoms with Crippen LogP contribution >= 0.6 is 0 Å². The zero-order valence-corrected chi connectivity index (χ0v) is 15.5. The normalized spacial score (nSPS) is 14.6. The van der Waals surface area contributed by atoms with Gasteiger partial charge in [-0.2, -0.15) is 0 Å². The van der Waals surface area contributed by atoms with E-state index in [1.54, 1.807) is 12.1 Å². The number of hydrogen-bond acceptors (Lipinski definition) is 6. The maximum absolute atomic E-state index is 12.2. The van der Waals surface area contributed by atoms with Gasteiger partial charge in [-0.3, -0.25) is 14.9 Å². The molecule has 1 amide bonds. The van der Waals surface area contributed by atoms with E-state index in [0.29, 0.717) is 35.8 Å². The molecule has 0 saturated heterocycles. The molecule has 2 aromatic carbocycles. The number of fused-ring (bicyclic) bond motifs is 1. The fraction of sp³-hybridized carbons (Fsp3) is 0.350. The van der Waals surface area contributed by atoms with Gasteiger partial charge in [-0.1, -0.05) is 6.07 Å². The molecule has 2 aromatic rings. The van der Waals surface area contributed by atoms with E-state index < -0.39 is 4.92 Å². The van der Waals surface area contributed by atoms with Gasteiger partial charge in [0.1, 0.15) is 5.69 Å². The van der Waals surface area contributed by atoms with Crippen LogP contribution in [0.5, 0.6) is 11.5 Å². The van der Waals surface area contributed by atoms with Crippen LogP contribution in [0, 0.1) is 10.1 Å². The first-order chi connectivity index (χ1) is 13.5. The second-order valence-corrected chi connectivity index (χ2v) is 6.91. The number of carbonyl (C=O) groups excluding carboxylic acids is 1. The predicted molar refractivity (Wildman–Crippen MR) is 103 cm³/mol. The van der Waals surface area contributed by atoms with Crippen LogP contribution < -0.4 is 19.7 Å². The zero-order chi connectivity index (χ0) is 19.7. The molecule has 0 aromatic heterocycles. The summed E-state index contributed by atoms with van der Waals surface area (Å²) in [6.45, 7) is 3.18. The van der Waals surface area contributed by atoms with Gasteiger partial charge < -0.3 is 19.7 Å². The lowest BCUT2D eigenvalue weighted by Gasteiger charge is -2.23. The Balaban J connectivity index is 1.59. The lowest BCUT2D eigenvalue weighted by molar-refractivity contribution is -0.384. The highest BCUT2D eigenvalue weighted by atomic mass is 16.7. The second-order valence-electron chi connectivity index (χ2n) is 6.91. The first-order valence-corrected chi connectivity index (χ1v) is 9.28. The maximum Gasteiger partial charge on any atom is 0.293 e. The van der Waals surface area contributed by atoms with Crippen molar-refractivity contribution in [1.29, 1.82) is 0 Å². The highest BCUT2D eigenvalue weighted by Gasteiger charge is 2.26. The largest absolute Gasteiger partial charge is 0.454 e. The Morgan fingerprint density at radius 2 is 2.00 bits per heavy atom. The third kappa shape index (κ3) is 3.71. The first kappa shape index (κ1) is 18.1. The Morgan fingerprint density at radius 1 is 1.21 bits per heavy atom. The van der Waals surface area contributed by atoms with Crippen LogP contribution in [-0.4, -0.2) is 30.2 Å². The summed E-state index contributed by atoms with van der Waals surface area (Å²) >= 11 is 0. The molecule has 8 heteroatoms. The highest BCUT2D eigenvalue weighted by Crippen LogP contribution is 2.35. The predicted octanol–water partition coefficient (Wildman–Crippen LogP) is 3.24. The molecule has 1 fully saturated rings. The molecule has 0 atom stereocenters. The summed E-state index contributed by atoms with van der Waals surface area (Å²) in [7, 11) is 0. The van der Waals surface area contributed by atoms with Crippen LogP contribution in [-0.2, 0) is 6.54 Å². The van der Waals surface area contributed by atoms with Gasteiger partial charge in [0.05, 0.1) is 4.92 Å². The number of nitrogens with one attached hydrogen (secondary N) is 1. The molecule has 0 spiro atoms. The van der Waals surface area contributed by atoms with Crippen LogP contribution in [0.25, 0.3) is 0 Å². The third-order valence-electron chi connectivity index (χ3n) is 4.88. The van der Waals surface area contributed by atoms with Crippen molar-refractivity contribution in [2.24, 2.45) is 0 Å². The highest BCUT2D eigenvalue weighted by molar-refractivity contribution is 5.96. The SMILES string of the molecule is CCN(Cc1ccc2c(c1)OCO2)c1ccc(C(=O)NC2CC2)cc1[N+](=O)[O-]. The molecule has 0 radical (unpaired) electrons. The molecule has 146 valence electrons. The van der Waals surface area contributed by atoms with Gasteiger partial charge in [0.2, 0.25) is 6.79 Å². The van der Waals surface area contributed by atoms with Crippen LogP contribution in [0.4, 0.5) is 11.4 Å². The van der Waals surface area contributed by atoms with E-state index in [1.807, 2.05) is 30.0 Å². The summed E-state index contributed by atoms with van der Waals surface area (Å²) in [6.07, 6.45) is 1.93. The Morgan fingerprint density at radius 3 is 2.71 bits per heavy atom. The minimum atomic E-state index is -0.439. The fourth-order valence-corrected chi connectivity index (χ4v) is 3.20. The molecule has 0 bridgehead atoms. The summed E-state index contributed by atoms with van der Waals surface area (Å²) < 4.78 is 10.7. The molecular weight excluding hydrogens is 362 g/mol. The van der Waals surface area contributed by atoms with Crippen LogP contribution in [0.15, 0.2) is 36.4 Å². The summed E-state index contributed by atoms with van der Waals surface area (Å²) in [5.41, 5.74) is 1.66. The van der Waals surface area contributed by atoms with Crippen molar-refractivity contribution in [2.75, 3.05) is 18.2 Å². The van der Waals surface area contributed by atoms with Gasteiger partial charge in [0, 0.05) is 30.8 Å². The van der Waals surface area contributed by atoms with Crippen LogP contribution in [0.2, 0.25) is 0 Å². The van der Waals surface area contributed by atoms with Crippen molar-refractivity contribution < 1.29 is 19.2 Å². The zero-order valence-electron chi connectivity index (χ0n) is 15.5. The molecule has 1 saturated carbocycles. The lowest BCUT2D eigenvalue weighted by Crippen LogP contribution is -2.26. The average Bonchev–Trinajstić information content (AvgIpc) is 3.38. The number of carbonyl (C=O) groups is 1. The van der Waals surface area contributed by atoms with E-state index in [2.05, 4.69) is 5.32 Å². The number of rotatable bonds is 7. The third-order valence-corrected chi connectivity index (χ3v) is 4.88. The first-order valence-electron chi connectivity index (χ1n) is 9.28. The Kier molecular flexibility index (Phi) is 4.77. The van der Waals surface area contributed by atoms with E-state index in [9.17, 15) is 14.9 Å². The smallest absolute Gasteiger partial charge is 0.293 e. The Hall–Kier alpha value is -3.29. The minimum Gasteiger partial charge on any atom is -0.454 e. The van der Waals surface area contributed by atoms with Gasteiger partial charge in [-0.05, 0) is 49.6 Å². The molecule has 0 unspecified atom stereocenters. The topological polar surface area (TPSA) is 93.9 Å². The molecule has 1 aliphatic carbocycles. The number of ether oxygens (including phenoxy) is 2. The number of amides is 1. The van der Waals surface area contributed by atoms with Crippen LogP contribution in [0.3, 0.4) is 0 Å². The molecule has 1 heterocycles. The molecular formula is C20H21N3O5. The average molecular weight is 383 g/mol. The number of hydrogen-bond donors (Lipinski definition) is 1. The van der Waals surface area contributed by atoms with E-state index in [-0.39, 0.29) is 24.4 Å². The Bertz CT molecular complexity index is 926. The standard InChI is InChI=1S/C20H21N3O5/c1-2-22(11-13-3-8-18-19(9-13)28-12-27-18)16-7-4-14(10-17(16)23(25)26)20(24)21-15-5-6-15/h3-4,7-10,15H,2,5-6,11-12H2,1H3,(H,21,24). The molecule has 1 N–H and O–H groups in total. The van der Waals surface area contributed by atoms with Gasteiger partial charge in [0.15, 0.2) is 11.5 Å². The van der Waals surface area contributed by atoms with Crippen molar-refractivity contribution in [3.8, 4) is 11.5 Å². The molecule has 4 rings (SSSR count). The van der Waals surface area contributed by atoms with Crippen molar-refractivity contribution in [2.45, 2.75) is 32.4 Å². The van der Waals surface area contributed by atoms with Gasteiger partial charge in [-0.25, -0.2) is 0 Å². The van der Waals surface area contributed by atoms with Gasteiger partial charge in [-0.15, -0.1) is 0 Å². The van der Waals surface area contributed by atoms with Crippen molar-refractivity contribution in [3.05, 3.63) is 57.6 Å². The van der Waals surface area contributed by atoms with Gasteiger partial charge >= 0.3 is 0 Å². The van der Waals surface area contributed by atoms with Crippen molar-refractivity contribution >= 4 is 17.3 Å². The molecule has 8 nitrogen and oxygen atoms in total. The van der Waals surface area contributed by atoms with E-state index in [1.165, 1.54) is 6.07 Å². The second kappa shape index (κ2) is 7.38.